The Labute approximate surface area is 132 Å². The van der Waals surface area contributed by atoms with Crippen molar-refractivity contribution in [1.82, 2.24) is 0 Å². The van der Waals surface area contributed by atoms with Crippen LogP contribution in [0.5, 0.6) is 5.75 Å². The zero-order valence-electron chi connectivity index (χ0n) is 10.9. The maximum atomic E-state index is 12.5. The van der Waals surface area contributed by atoms with Crippen LogP contribution in [-0.2, 0) is 6.18 Å². The standard InChI is InChI=1S/C16H8BrF3O2/c17-11-5-6-13-12(8-11)15(21)14(22-13)7-9-1-3-10(4-2-9)16(18,19)20/h1-8H/b14-7-. The van der Waals surface area contributed by atoms with Gasteiger partial charge < -0.3 is 4.74 Å². The second-order valence-electron chi connectivity index (χ2n) is 4.70. The Bertz CT molecular complexity index is 777. The van der Waals surface area contributed by atoms with Gasteiger partial charge in [0.25, 0.3) is 0 Å². The molecule has 2 aromatic rings. The summed E-state index contributed by atoms with van der Waals surface area (Å²) in [6.45, 7) is 0. The number of Topliss-reactive ketones (excluding diaryl/α,β-unsaturated/α-hetero) is 1. The third-order valence-electron chi connectivity index (χ3n) is 3.17. The van der Waals surface area contributed by atoms with Crippen LogP contribution in [0.25, 0.3) is 6.08 Å². The lowest BCUT2D eigenvalue weighted by Crippen LogP contribution is -2.04. The van der Waals surface area contributed by atoms with E-state index < -0.39 is 11.7 Å². The highest BCUT2D eigenvalue weighted by molar-refractivity contribution is 9.10. The quantitative estimate of drug-likeness (QED) is 0.655. The maximum Gasteiger partial charge on any atom is 0.416 e. The van der Waals surface area contributed by atoms with Gasteiger partial charge in [0.15, 0.2) is 5.76 Å². The van der Waals surface area contributed by atoms with E-state index in [4.69, 9.17) is 4.74 Å². The molecule has 0 fully saturated rings. The lowest BCUT2D eigenvalue weighted by atomic mass is 10.1. The Kier molecular flexibility index (Phi) is 3.56. The van der Waals surface area contributed by atoms with E-state index in [1.54, 1.807) is 18.2 Å². The number of fused-ring (bicyclic) bond motifs is 1. The number of hydrogen-bond acceptors (Lipinski definition) is 2. The molecule has 1 aliphatic heterocycles. The second-order valence-corrected chi connectivity index (χ2v) is 5.62. The van der Waals surface area contributed by atoms with Crippen LogP contribution in [0, 0.1) is 0 Å². The van der Waals surface area contributed by atoms with Crippen LogP contribution in [0.15, 0.2) is 52.7 Å². The summed E-state index contributed by atoms with van der Waals surface area (Å²) in [5.41, 5.74) is 0.149. The van der Waals surface area contributed by atoms with Crippen LogP contribution < -0.4 is 4.74 Å². The van der Waals surface area contributed by atoms with Crippen molar-refractivity contribution in [1.29, 1.82) is 0 Å². The molecule has 3 rings (SSSR count). The van der Waals surface area contributed by atoms with Gasteiger partial charge in [-0.25, -0.2) is 0 Å². The molecule has 112 valence electrons. The van der Waals surface area contributed by atoms with Crippen LogP contribution in [0.4, 0.5) is 13.2 Å². The monoisotopic (exact) mass is 368 g/mol. The average Bonchev–Trinajstić information content (AvgIpc) is 2.75. The Morgan fingerprint density at radius 3 is 2.36 bits per heavy atom. The lowest BCUT2D eigenvalue weighted by Gasteiger charge is -2.06. The summed E-state index contributed by atoms with van der Waals surface area (Å²) in [5, 5.41) is 0. The molecule has 22 heavy (non-hydrogen) atoms. The lowest BCUT2D eigenvalue weighted by molar-refractivity contribution is -0.137. The van der Waals surface area contributed by atoms with E-state index >= 15 is 0 Å². The summed E-state index contributed by atoms with van der Waals surface area (Å²) in [5.74, 6) is 0.232. The van der Waals surface area contributed by atoms with Crippen LogP contribution in [0.3, 0.4) is 0 Å². The molecule has 0 N–H and O–H groups in total. The molecule has 2 aromatic carbocycles. The number of ketones is 1. The number of carbonyl (C=O) groups excluding carboxylic acids is 1. The van der Waals surface area contributed by atoms with E-state index in [1.807, 2.05) is 0 Å². The highest BCUT2D eigenvalue weighted by Gasteiger charge is 2.30. The van der Waals surface area contributed by atoms with Gasteiger partial charge in [0, 0.05) is 4.47 Å². The van der Waals surface area contributed by atoms with Gasteiger partial charge in [-0.15, -0.1) is 0 Å². The largest absolute Gasteiger partial charge is 0.452 e. The van der Waals surface area contributed by atoms with Crippen molar-refractivity contribution in [2.75, 3.05) is 0 Å². The molecular weight excluding hydrogens is 361 g/mol. The minimum absolute atomic E-state index is 0.0906. The zero-order chi connectivity index (χ0) is 15.9. The molecule has 0 aromatic heterocycles. The normalized spacial score (nSPS) is 15.8. The number of rotatable bonds is 1. The third kappa shape index (κ3) is 2.78. The molecule has 6 heteroatoms. The highest BCUT2D eigenvalue weighted by atomic mass is 79.9. The second kappa shape index (κ2) is 5.28. The van der Waals surface area contributed by atoms with E-state index in [1.165, 1.54) is 18.2 Å². The number of allylic oxidation sites excluding steroid dienone is 1. The summed E-state index contributed by atoms with van der Waals surface area (Å²) in [7, 11) is 0. The van der Waals surface area contributed by atoms with Gasteiger partial charge in [0.1, 0.15) is 5.75 Å². The fourth-order valence-corrected chi connectivity index (χ4v) is 2.44. The summed E-state index contributed by atoms with van der Waals surface area (Å²) in [4.78, 5) is 12.2. The first kappa shape index (κ1) is 14.8. The predicted molar refractivity (Wildman–Crippen MR) is 78.5 cm³/mol. The first-order valence-corrected chi connectivity index (χ1v) is 7.05. The Morgan fingerprint density at radius 1 is 1.05 bits per heavy atom. The van der Waals surface area contributed by atoms with Crippen molar-refractivity contribution in [2.24, 2.45) is 0 Å². The molecule has 0 radical (unpaired) electrons. The molecule has 1 aliphatic rings. The topological polar surface area (TPSA) is 26.3 Å². The van der Waals surface area contributed by atoms with Gasteiger partial charge in [-0.3, -0.25) is 4.79 Å². The maximum absolute atomic E-state index is 12.5. The van der Waals surface area contributed by atoms with E-state index in [2.05, 4.69) is 15.9 Å². The fourth-order valence-electron chi connectivity index (χ4n) is 2.08. The Hall–Kier alpha value is -2.08. The molecule has 0 aliphatic carbocycles. The molecule has 0 unspecified atom stereocenters. The van der Waals surface area contributed by atoms with E-state index in [0.717, 1.165) is 16.6 Å². The van der Waals surface area contributed by atoms with Crippen molar-refractivity contribution in [2.45, 2.75) is 6.18 Å². The minimum atomic E-state index is -4.38. The Morgan fingerprint density at radius 2 is 1.73 bits per heavy atom. The number of hydrogen-bond donors (Lipinski definition) is 0. The van der Waals surface area contributed by atoms with Gasteiger partial charge in [-0.05, 0) is 42.0 Å². The van der Waals surface area contributed by atoms with Gasteiger partial charge in [0.05, 0.1) is 11.1 Å². The van der Waals surface area contributed by atoms with Crippen LogP contribution in [0.1, 0.15) is 21.5 Å². The van der Waals surface area contributed by atoms with Crippen LogP contribution in [0.2, 0.25) is 0 Å². The van der Waals surface area contributed by atoms with Crippen molar-refractivity contribution in [3.8, 4) is 5.75 Å². The summed E-state index contributed by atoms with van der Waals surface area (Å²) in [6.07, 6.45) is -2.95. The van der Waals surface area contributed by atoms with Crippen molar-refractivity contribution >= 4 is 27.8 Å². The van der Waals surface area contributed by atoms with Crippen molar-refractivity contribution in [3.63, 3.8) is 0 Å². The van der Waals surface area contributed by atoms with Crippen molar-refractivity contribution < 1.29 is 22.7 Å². The van der Waals surface area contributed by atoms with E-state index in [-0.39, 0.29) is 11.5 Å². The fraction of sp³-hybridized carbons (Fsp3) is 0.0625. The molecular formula is C16H8BrF3O2. The van der Waals surface area contributed by atoms with Crippen LogP contribution >= 0.6 is 15.9 Å². The molecule has 0 saturated heterocycles. The zero-order valence-corrected chi connectivity index (χ0v) is 12.5. The Balaban J connectivity index is 1.90. The molecule has 0 bridgehead atoms. The number of ether oxygens (including phenoxy) is 1. The van der Waals surface area contributed by atoms with Crippen molar-refractivity contribution in [3.05, 3.63) is 69.4 Å². The van der Waals surface area contributed by atoms with Gasteiger partial charge in [-0.1, -0.05) is 28.1 Å². The van der Waals surface area contributed by atoms with E-state index in [9.17, 15) is 18.0 Å². The first-order valence-electron chi connectivity index (χ1n) is 6.26. The summed E-state index contributed by atoms with van der Waals surface area (Å²) in [6, 6.07) is 9.57. The summed E-state index contributed by atoms with van der Waals surface area (Å²) < 4.78 is 43.7. The third-order valence-corrected chi connectivity index (χ3v) is 3.66. The molecule has 1 heterocycles. The van der Waals surface area contributed by atoms with E-state index in [0.29, 0.717) is 16.9 Å². The smallest absolute Gasteiger partial charge is 0.416 e. The van der Waals surface area contributed by atoms with Gasteiger partial charge in [0.2, 0.25) is 5.78 Å². The minimum Gasteiger partial charge on any atom is -0.452 e. The molecule has 0 saturated carbocycles. The SMILES string of the molecule is O=C1/C(=C/c2ccc(C(F)(F)F)cc2)Oc2ccc(Br)cc21. The number of halogens is 4. The predicted octanol–water partition coefficient (Wildman–Crippen LogP) is 5.08. The number of carbonyl (C=O) groups is 1. The van der Waals surface area contributed by atoms with Gasteiger partial charge in [-0.2, -0.15) is 13.2 Å². The molecule has 2 nitrogen and oxygen atoms in total. The number of benzene rings is 2. The van der Waals surface area contributed by atoms with Crippen LogP contribution in [-0.4, -0.2) is 5.78 Å². The number of alkyl halides is 3. The average molecular weight is 369 g/mol. The first-order chi connectivity index (χ1) is 10.3. The molecule has 0 spiro atoms. The highest BCUT2D eigenvalue weighted by Crippen LogP contribution is 2.34. The molecule has 0 atom stereocenters. The summed E-state index contributed by atoms with van der Waals surface area (Å²) >= 11 is 3.27. The molecule has 0 amide bonds. The van der Waals surface area contributed by atoms with Gasteiger partial charge >= 0.3 is 6.18 Å².